The smallest absolute Gasteiger partial charge is 0.358 e. The number of carbonyl (C=O) groups is 1. The number of hydrogen-bond acceptors (Lipinski definition) is 8. The minimum absolute atomic E-state index is 0.0830. The van der Waals surface area contributed by atoms with Gasteiger partial charge in [0.1, 0.15) is 11.6 Å². The van der Waals surface area contributed by atoms with Crippen LogP contribution >= 0.6 is 0 Å². The quantitative estimate of drug-likeness (QED) is 0.505. The maximum absolute atomic E-state index is 11.6. The van der Waals surface area contributed by atoms with Crippen LogP contribution in [0.25, 0.3) is 16.7 Å². The fourth-order valence-corrected chi connectivity index (χ4v) is 3.39. The molecule has 31 heavy (non-hydrogen) atoms. The number of nitrogens with zero attached hydrogens (tertiary/aromatic N) is 6. The summed E-state index contributed by atoms with van der Waals surface area (Å²) >= 11 is 0. The Bertz CT molecular complexity index is 1350. The summed E-state index contributed by atoms with van der Waals surface area (Å²) in [4.78, 5) is 16.4. The molecule has 0 radical (unpaired) electrons. The summed E-state index contributed by atoms with van der Waals surface area (Å²) in [7, 11) is 1.27. The molecular weight excluding hydrogens is 394 g/mol. The zero-order chi connectivity index (χ0) is 22.1. The Hall–Kier alpha value is -4.32. The lowest BCUT2D eigenvalue weighted by Crippen LogP contribution is -2.09. The first-order valence-corrected chi connectivity index (χ1v) is 9.47. The molecule has 0 spiro atoms. The van der Waals surface area contributed by atoms with Gasteiger partial charge in [-0.15, -0.1) is 10.2 Å². The van der Waals surface area contributed by atoms with Crippen LogP contribution in [0.1, 0.15) is 32.7 Å². The summed E-state index contributed by atoms with van der Waals surface area (Å²) in [5, 5.41) is 25.9. The van der Waals surface area contributed by atoms with Gasteiger partial charge in [-0.3, -0.25) is 0 Å². The number of nitrogens with one attached hydrogen (secondary N) is 1. The largest absolute Gasteiger partial charge is 0.464 e. The number of aryl methyl sites for hydroxylation is 3. The third-order valence-electron chi connectivity index (χ3n) is 4.85. The molecule has 0 aliphatic rings. The van der Waals surface area contributed by atoms with Crippen molar-refractivity contribution in [2.24, 2.45) is 0 Å². The molecule has 0 saturated carbocycles. The average Bonchev–Trinajstić information content (AvgIpc) is 3.16. The number of anilines is 2. The highest BCUT2D eigenvalue weighted by Crippen LogP contribution is 2.27. The van der Waals surface area contributed by atoms with Crippen LogP contribution in [-0.4, -0.2) is 38.0 Å². The van der Waals surface area contributed by atoms with E-state index in [1.54, 1.807) is 10.7 Å². The second kappa shape index (κ2) is 7.84. The van der Waals surface area contributed by atoms with Crippen molar-refractivity contribution in [1.29, 1.82) is 5.26 Å². The highest BCUT2D eigenvalue weighted by molar-refractivity contribution is 5.87. The van der Waals surface area contributed by atoms with Gasteiger partial charge in [0.05, 0.1) is 18.8 Å². The van der Waals surface area contributed by atoms with Crippen LogP contribution < -0.4 is 5.32 Å². The van der Waals surface area contributed by atoms with Gasteiger partial charge in [0.25, 0.3) is 0 Å². The lowest BCUT2D eigenvalue weighted by atomic mass is 10.0. The molecule has 1 N–H and O–H groups in total. The second-order valence-corrected chi connectivity index (χ2v) is 7.13. The Balaban J connectivity index is 1.79. The summed E-state index contributed by atoms with van der Waals surface area (Å²) in [6, 6.07) is 11.3. The predicted molar refractivity (Wildman–Crippen MR) is 114 cm³/mol. The van der Waals surface area contributed by atoms with Gasteiger partial charge in [0.2, 0.25) is 0 Å². The fraction of sp³-hybridized carbons (Fsp3) is 0.182. The Morgan fingerprint density at radius 3 is 2.61 bits per heavy atom. The minimum Gasteiger partial charge on any atom is -0.464 e. The van der Waals surface area contributed by atoms with Crippen LogP contribution in [0.5, 0.6) is 0 Å². The first-order valence-electron chi connectivity index (χ1n) is 9.47. The number of hydrogen-bond donors (Lipinski definition) is 1. The third kappa shape index (κ3) is 3.67. The van der Waals surface area contributed by atoms with Crippen molar-refractivity contribution in [2.45, 2.75) is 20.8 Å². The van der Waals surface area contributed by atoms with Gasteiger partial charge >= 0.3 is 5.97 Å². The van der Waals surface area contributed by atoms with E-state index in [-0.39, 0.29) is 5.69 Å². The molecule has 0 unspecified atom stereocenters. The molecule has 0 fully saturated rings. The Labute approximate surface area is 178 Å². The molecule has 9 heteroatoms. The highest BCUT2D eigenvalue weighted by Gasteiger charge is 2.17. The SMILES string of the molecule is COC(=O)c1ccc(Nc2c(C#N)cnn2-c2cc(C)c3cc(C)cc(C)c3n2)nn1. The van der Waals surface area contributed by atoms with E-state index in [0.29, 0.717) is 23.0 Å². The molecule has 0 atom stereocenters. The van der Waals surface area contributed by atoms with Crippen LogP contribution in [0.15, 0.2) is 36.5 Å². The number of rotatable bonds is 4. The van der Waals surface area contributed by atoms with E-state index in [0.717, 1.165) is 22.0 Å². The number of esters is 1. The van der Waals surface area contributed by atoms with Crippen molar-refractivity contribution >= 4 is 28.5 Å². The Kier molecular flexibility index (Phi) is 5.05. The van der Waals surface area contributed by atoms with E-state index in [9.17, 15) is 10.1 Å². The molecule has 0 saturated heterocycles. The van der Waals surface area contributed by atoms with Gasteiger partial charge in [0.15, 0.2) is 23.1 Å². The molecule has 3 aromatic heterocycles. The van der Waals surface area contributed by atoms with Crippen LogP contribution in [0.3, 0.4) is 0 Å². The topological polar surface area (TPSA) is 119 Å². The maximum atomic E-state index is 11.6. The summed E-state index contributed by atoms with van der Waals surface area (Å²) < 4.78 is 6.19. The number of aromatic nitrogens is 5. The number of carbonyl (C=O) groups excluding carboxylic acids is 1. The Morgan fingerprint density at radius 2 is 1.94 bits per heavy atom. The van der Waals surface area contributed by atoms with Crippen molar-refractivity contribution in [1.82, 2.24) is 25.0 Å². The first-order chi connectivity index (χ1) is 14.9. The lowest BCUT2D eigenvalue weighted by Gasteiger charge is -2.13. The predicted octanol–water partition coefficient (Wildman–Crippen LogP) is 3.54. The van der Waals surface area contributed by atoms with Gasteiger partial charge in [-0.05, 0) is 56.2 Å². The molecule has 0 aliphatic carbocycles. The molecule has 4 rings (SSSR count). The highest BCUT2D eigenvalue weighted by atomic mass is 16.5. The standard InChI is InChI=1S/C22H19N7O2/c1-12-7-14(3)20-16(8-12)13(2)9-19(26-20)29-21(15(10-23)11-24-29)25-18-6-5-17(27-28-18)22(30)31-4/h5-9,11H,1-4H3,(H,25,28). The fourth-order valence-electron chi connectivity index (χ4n) is 3.39. The van der Waals surface area contributed by atoms with E-state index in [2.05, 4.69) is 50.5 Å². The molecule has 0 bridgehead atoms. The zero-order valence-electron chi connectivity index (χ0n) is 17.5. The third-order valence-corrected chi connectivity index (χ3v) is 4.85. The number of fused-ring (bicyclic) bond motifs is 1. The van der Waals surface area contributed by atoms with Crippen molar-refractivity contribution in [3.05, 3.63) is 64.5 Å². The van der Waals surface area contributed by atoms with Crippen LogP contribution in [-0.2, 0) is 4.74 Å². The van der Waals surface area contributed by atoms with E-state index < -0.39 is 5.97 Å². The van der Waals surface area contributed by atoms with E-state index in [1.807, 2.05) is 19.9 Å². The molecule has 0 aliphatic heterocycles. The number of ether oxygens (including phenoxy) is 1. The van der Waals surface area contributed by atoms with Crippen LogP contribution in [0, 0.1) is 32.1 Å². The molecule has 4 aromatic rings. The molecule has 154 valence electrons. The lowest BCUT2D eigenvalue weighted by molar-refractivity contribution is 0.0593. The van der Waals surface area contributed by atoms with E-state index >= 15 is 0 Å². The average molecular weight is 413 g/mol. The number of nitriles is 1. The molecule has 9 nitrogen and oxygen atoms in total. The van der Waals surface area contributed by atoms with E-state index in [1.165, 1.54) is 24.9 Å². The molecule has 3 heterocycles. The van der Waals surface area contributed by atoms with Gasteiger partial charge < -0.3 is 10.1 Å². The number of pyridine rings is 1. The summed E-state index contributed by atoms with van der Waals surface area (Å²) in [5.74, 6) is 0.734. The monoisotopic (exact) mass is 413 g/mol. The van der Waals surface area contributed by atoms with Gasteiger partial charge in [-0.2, -0.15) is 15.0 Å². The normalized spacial score (nSPS) is 10.7. The van der Waals surface area contributed by atoms with Crippen molar-refractivity contribution < 1.29 is 9.53 Å². The molecular formula is C22H19N7O2. The van der Waals surface area contributed by atoms with Crippen molar-refractivity contribution in [3.8, 4) is 11.9 Å². The summed E-state index contributed by atoms with van der Waals surface area (Å²) in [5.41, 5.74) is 4.56. The van der Waals surface area contributed by atoms with Crippen LogP contribution in [0.2, 0.25) is 0 Å². The number of methoxy groups -OCH3 is 1. The first kappa shape index (κ1) is 20.0. The van der Waals surface area contributed by atoms with Gasteiger partial charge in [-0.1, -0.05) is 11.6 Å². The van der Waals surface area contributed by atoms with Gasteiger partial charge in [0, 0.05) is 5.39 Å². The number of benzene rings is 1. The van der Waals surface area contributed by atoms with Crippen LogP contribution in [0.4, 0.5) is 11.6 Å². The second-order valence-electron chi connectivity index (χ2n) is 7.13. The molecule has 1 aromatic carbocycles. The van der Waals surface area contributed by atoms with Gasteiger partial charge in [-0.25, -0.2) is 9.78 Å². The molecule has 0 amide bonds. The van der Waals surface area contributed by atoms with E-state index in [4.69, 9.17) is 4.98 Å². The summed E-state index contributed by atoms with van der Waals surface area (Å²) in [6.07, 6.45) is 1.46. The minimum atomic E-state index is -0.580. The van der Waals surface area contributed by atoms with Crippen molar-refractivity contribution in [3.63, 3.8) is 0 Å². The zero-order valence-corrected chi connectivity index (χ0v) is 17.5. The maximum Gasteiger partial charge on any atom is 0.358 e. The Morgan fingerprint density at radius 1 is 1.13 bits per heavy atom. The summed E-state index contributed by atoms with van der Waals surface area (Å²) in [6.45, 7) is 6.10. The van der Waals surface area contributed by atoms with Crippen molar-refractivity contribution in [2.75, 3.05) is 12.4 Å².